The molecule has 6 nitrogen and oxygen atoms in total. The second-order valence-corrected chi connectivity index (χ2v) is 7.28. The lowest BCUT2D eigenvalue weighted by molar-refractivity contribution is -0.145. The average Bonchev–Trinajstić information content (AvgIpc) is 2.64. The summed E-state index contributed by atoms with van der Waals surface area (Å²) in [6, 6.07) is 6.83. The minimum atomic E-state index is -0.526. The number of rotatable bonds is 11. The van der Waals surface area contributed by atoms with Gasteiger partial charge < -0.3 is 15.8 Å². The van der Waals surface area contributed by atoms with Gasteiger partial charge in [-0.15, -0.1) is 0 Å². The molecule has 1 rings (SSSR count). The van der Waals surface area contributed by atoms with Gasteiger partial charge in [-0.05, 0) is 36.9 Å². The maximum atomic E-state index is 12.3. The van der Waals surface area contributed by atoms with E-state index in [-0.39, 0.29) is 42.5 Å². The van der Waals surface area contributed by atoms with Crippen molar-refractivity contribution in [1.82, 2.24) is 5.32 Å². The molecule has 27 heavy (non-hydrogen) atoms. The van der Waals surface area contributed by atoms with Crippen LogP contribution in [0.25, 0.3) is 0 Å². The minimum absolute atomic E-state index is 0.0414. The minimum Gasteiger partial charge on any atom is -0.461 e. The number of ether oxygens (including phenoxy) is 1. The summed E-state index contributed by atoms with van der Waals surface area (Å²) in [5.74, 6) is -0.311. The highest BCUT2D eigenvalue weighted by Gasteiger charge is 2.21. The summed E-state index contributed by atoms with van der Waals surface area (Å²) in [4.78, 5) is 35.9. The van der Waals surface area contributed by atoms with E-state index in [4.69, 9.17) is 10.5 Å². The molecule has 0 saturated heterocycles. The number of benzene rings is 1. The van der Waals surface area contributed by atoms with Crippen LogP contribution in [0.15, 0.2) is 24.3 Å². The van der Waals surface area contributed by atoms with E-state index in [1.165, 1.54) is 0 Å². The molecule has 1 aromatic rings. The number of ketones is 1. The van der Waals surface area contributed by atoms with Crippen molar-refractivity contribution < 1.29 is 19.1 Å². The number of nitrogens with two attached hydrogens (primary N) is 1. The molecular weight excluding hydrogens is 344 g/mol. The molecule has 0 fully saturated rings. The predicted molar refractivity (Wildman–Crippen MR) is 105 cm³/mol. The van der Waals surface area contributed by atoms with Gasteiger partial charge in [-0.3, -0.25) is 14.4 Å². The van der Waals surface area contributed by atoms with Crippen LogP contribution in [0.1, 0.15) is 51.7 Å². The molecule has 0 radical (unpaired) electrons. The third kappa shape index (κ3) is 8.35. The van der Waals surface area contributed by atoms with Crippen LogP contribution in [0.2, 0.25) is 0 Å². The molecule has 0 aliphatic rings. The molecule has 2 atom stereocenters. The van der Waals surface area contributed by atoms with Crippen molar-refractivity contribution in [3.63, 3.8) is 0 Å². The molecule has 1 amide bonds. The third-order valence-corrected chi connectivity index (χ3v) is 4.64. The molecule has 0 heterocycles. The molecule has 1 aromatic carbocycles. The lowest BCUT2D eigenvalue weighted by Gasteiger charge is -2.19. The maximum Gasteiger partial charge on any atom is 0.306 e. The van der Waals surface area contributed by atoms with E-state index in [9.17, 15) is 14.4 Å². The normalized spacial score (nSPS) is 13.1. The fourth-order valence-corrected chi connectivity index (χ4v) is 2.32. The van der Waals surface area contributed by atoms with Crippen LogP contribution in [0.3, 0.4) is 0 Å². The maximum absolute atomic E-state index is 12.3. The van der Waals surface area contributed by atoms with Crippen molar-refractivity contribution in [1.29, 1.82) is 0 Å². The highest BCUT2D eigenvalue weighted by atomic mass is 16.5. The van der Waals surface area contributed by atoms with Crippen LogP contribution in [0, 0.1) is 11.8 Å². The third-order valence-electron chi connectivity index (χ3n) is 4.64. The number of carbonyl (C=O) groups is 3. The van der Waals surface area contributed by atoms with Gasteiger partial charge in [0, 0.05) is 18.8 Å². The van der Waals surface area contributed by atoms with Gasteiger partial charge >= 0.3 is 5.97 Å². The average molecular weight is 376 g/mol. The van der Waals surface area contributed by atoms with Crippen LogP contribution >= 0.6 is 0 Å². The molecule has 0 spiro atoms. The van der Waals surface area contributed by atoms with E-state index < -0.39 is 6.04 Å². The highest BCUT2D eigenvalue weighted by molar-refractivity contribution is 5.90. The second-order valence-electron chi connectivity index (χ2n) is 7.28. The summed E-state index contributed by atoms with van der Waals surface area (Å²) in [6.45, 7) is 8.20. The number of carbonyl (C=O) groups excluding carboxylic acids is 3. The Balaban J connectivity index is 2.48. The molecule has 0 aliphatic heterocycles. The van der Waals surface area contributed by atoms with Crippen LogP contribution in [0.5, 0.6) is 0 Å². The summed E-state index contributed by atoms with van der Waals surface area (Å²) in [5, 5.41) is 2.79. The summed E-state index contributed by atoms with van der Waals surface area (Å²) < 4.78 is 5.17. The summed E-state index contributed by atoms with van der Waals surface area (Å²) in [6.07, 6.45) is 1.18. The van der Waals surface area contributed by atoms with Gasteiger partial charge in [-0.1, -0.05) is 45.0 Å². The van der Waals surface area contributed by atoms with E-state index in [1.807, 2.05) is 45.0 Å². The fourth-order valence-electron chi connectivity index (χ4n) is 2.32. The first kappa shape index (κ1) is 22.8. The lowest BCUT2D eigenvalue weighted by atomic mass is 9.96. The zero-order valence-corrected chi connectivity index (χ0v) is 16.8. The SMILES string of the molecule is CC(C)C(C)C(=O)N[C@@H](C)C(=O)Cc1ccc(COC(=O)CCCN)cc1. The van der Waals surface area contributed by atoms with Crippen LogP contribution in [0.4, 0.5) is 0 Å². The number of hydrogen-bond donors (Lipinski definition) is 2. The Labute approximate surface area is 161 Å². The van der Waals surface area contributed by atoms with Gasteiger partial charge in [-0.2, -0.15) is 0 Å². The molecule has 0 bridgehead atoms. The van der Waals surface area contributed by atoms with E-state index in [2.05, 4.69) is 5.32 Å². The number of nitrogens with one attached hydrogen (secondary N) is 1. The van der Waals surface area contributed by atoms with Gasteiger partial charge in [0.05, 0.1) is 6.04 Å². The van der Waals surface area contributed by atoms with E-state index in [0.29, 0.717) is 19.4 Å². The van der Waals surface area contributed by atoms with Crippen molar-refractivity contribution in [2.24, 2.45) is 17.6 Å². The molecule has 0 aromatic heterocycles. The first-order chi connectivity index (χ1) is 12.7. The van der Waals surface area contributed by atoms with Gasteiger partial charge in [0.15, 0.2) is 5.78 Å². The number of esters is 1. The Hall–Kier alpha value is -2.21. The van der Waals surface area contributed by atoms with Crippen molar-refractivity contribution >= 4 is 17.7 Å². The molecule has 1 unspecified atom stereocenters. The zero-order valence-electron chi connectivity index (χ0n) is 16.8. The van der Waals surface area contributed by atoms with Crippen molar-refractivity contribution in [2.45, 2.75) is 59.6 Å². The van der Waals surface area contributed by atoms with Gasteiger partial charge in [0.2, 0.25) is 5.91 Å². The Kier molecular flexibility index (Phi) is 9.72. The van der Waals surface area contributed by atoms with Crippen LogP contribution < -0.4 is 11.1 Å². The molecule has 0 saturated carbocycles. The predicted octanol–water partition coefficient (Wildman–Crippen LogP) is 2.38. The molecule has 150 valence electrons. The number of Topliss-reactive ketones (excluding diaryl/α,β-unsaturated/α-hetero) is 1. The van der Waals surface area contributed by atoms with Crippen molar-refractivity contribution in [3.05, 3.63) is 35.4 Å². The second kappa shape index (κ2) is 11.5. The smallest absolute Gasteiger partial charge is 0.306 e. The van der Waals surface area contributed by atoms with Gasteiger partial charge in [0.25, 0.3) is 0 Å². The summed E-state index contributed by atoms with van der Waals surface area (Å²) in [7, 11) is 0. The topological polar surface area (TPSA) is 98.5 Å². The molecular formula is C21H32N2O4. The van der Waals surface area contributed by atoms with E-state index in [1.54, 1.807) is 6.92 Å². The summed E-state index contributed by atoms with van der Waals surface area (Å²) >= 11 is 0. The Morgan fingerprint density at radius 2 is 1.63 bits per heavy atom. The standard InChI is InChI=1S/C21H32N2O4/c1-14(2)15(3)21(26)23-16(4)19(24)12-17-7-9-18(10-8-17)13-27-20(25)6-5-11-22/h7-10,14-16H,5-6,11-13,22H2,1-4H3,(H,23,26)/t15?,16-/m0/s1. The Bertz CT molecular complexity index is 626. The molecule has 3 N–H and O–H groups in total. The first-order valence-corrected chi connectivity index (χ1v) is 9.51. The van der Waals surface area contributed by atoms with Crippen LogP contribution in [-0.4, -0.2) is 30.2 Å². The van der Waals surface area contributed by atoms with Crippen molar-refractivity contribution in [2.75, 3.05) is 6.54 Å². The number of amides is 1. The first-order valence-electron chi connectivity index (χ1n) is 9.51. The summed E-state index contributed by atoms with van der Waals surface area (Å²) in [5.41, 5.74) is 7.08. The molecule has 0 aliphatic carbocycles. The number of hydrogen-bond acceptors (Lipinski definition) is 5. The fraction of sp³-hybridized carbons (Fsp3) is 0.571. The van der Waals surface area contributed by atoms with Crippen LogP contribution in [-0.2, 0) is 32.1 Å². The molecule has 6 heteroatoms. The monoisotopic (exact) mass is 376 g/mol. The van der Waals surface area contributed by atoms with Crippen molar-refractivity contribution in [3.8, 4) is 0 Å². The highest BCUT2D eigenvalue weighted by Crippen LogP contribution is 2.11. The quantitative estimate of drug-likeness (QED) is 0.578. The lowest BCUT2D eigenvalue weighted by Crippen LogP contribution is -2.42. The zero-order chi connectivity index (χ0) is 20.4. The largest absolute Gasteiger partial charge is 0.461 e. The van der Waals surface area contributed by atoms with E-state index in [0.717, 1.165) is 11.1 Å². The van der Waals surface area contributed by atoms with Gasteiger partial charge in [0.1, 0.15) is 6.61 Å². The Morgan fingerprint density at radius 1 is 1.04 bits per heavy atom. The Morgan fingerprint density at radius 3 is 2.19 bits per heavy atom. The van der Waals surface area contributed by atoms with E-state index >= 15 is 0 Å². The van der Waals surface area contributed by atoms with Gasteiger partial charge in [-0.25, -0.2) is 0 Å².